The van der Waals surface area contributed by atoms with Crippen molar-refractivity contribution in [2.75, 3.05) is 5.43 Å². The summed E-state index contributed by atoms with van der Waals surface area (Å²) in [5.41, 5.74) is 5.12. The van der Waals surface area contributed by atoms with Crippen LogP contribution in [0.1, 0.15) is 16.8 Å². The van der Waals surface area contributed by atoms with Crippen molar-refractivity contribution in [1.29, 1.82) is 0 Å². The highest BCUT2D eigenvalue weighted by Crippen LogP contribution is 2.22. The van der Waals surface area contributed by atoms with E-state index in [1.54, 1.807) is 6.92 Å². The Morgan fingerprint density at radius 1 is 1.22 bits per heavy atom. The second kappa shape index (κ2) is 6.41. The van der Waals surface area contributed by atoms with Gasteiger partial charge in [-0.1, -0.05) is 18.2 Å². The van der Waals surface area contributed by atoms with E-state index in [-0.39, 0.29) is 12.4 Å². The highest BCUT2D eigenvalue weighted by atomic mass is 16.3. The number of nitrogens with zero attached hydrogens (tertiary/aromatic N) is 3. The Bertz CT molecular complexity index is 878. The molecule has 6 nitrogen and oxygen atoms in total. The third kappa shape index (κ3) is 3.12. The second-order valence-corrected chi connectivity index (χ2v) is 5.05. The molecule has 2 aromatic heterocycles. The third-order valence-corrected chi connectivity index (χ3v) is 3.50. The number of rotatable bonds is 4. The highest BCUT2D eigenvalue weighted by Gasteiger charge is 2.09. The molecule has 0 fully saturated rings. The average molecular weight is 308 g/mol. The molecule has 0 spiro atoms. The van der Waals surface area contributed by atoms with E-state index in [1.165, 1.54) is 12.4 Å². The lowest BCUT2D eigenvalue weighted by atomic mass is 10.1. The molecular weight excluding hydrogens is 292 g/mol. The zero-order valence-corrected chi connectivity index (χ0v) is 12.6. The van der Waals surface area contributed by atoms with Crippen LogP contribution in [-0.4, -0.2) is 26.4 Å². The number of fused-ring (bicyclic) bond motifs is 1. The number of hydrazone groups is 1. The molecule has 0 aliphatic heterocycles. The molecule has 2 heterocycles. The van der Waals surface area contributed by atoms with Crippen molar-refractivity contribution in [3.63, 3.8) is 0 Å². The topological polar surface area (TPSA) is 90.6 Å². The van der Waals surface area contributed by atoms with Crippen molar-refractivity contribution in [2.45, 2.75) is 13.5 Å². The number of nitrogens with one attached hydrogen (secondary N) is 1. The van der Waals surface area contributed by atoms with Crippen LogP contribution in [0.2, 0.25) is 0 Å². The average Bonchev–Trinajstić information content (AvgIpc) is 2.58. The van der Waals surface area contributed by atoms with Crippen LogP contribution in [0.3, 0.4) is 0 Å². The molecule has 0 saturated carbocycles. The summed E-state index contributed by atoms with van der Waals surface area (Å²) >= 11 is 0. The maximum Gasteiger partial charge on any atom is 0.146 e. The van der Waals surface area contributed by atoms with Crippen molar-refractivity contribution in [3.05, 3.63) is 59.4 Å². The van der Waals surface area contributed by atoms with Crippen LogP contribution in [0.4, 0.5) is 5.82 Å². The number of para-hydroxylation sites is 1. The first-order valence-corrected chi connectivity index (χ1v) is 7.12. The Kier molecular flexibility index (Phi) is 4.16. The Morgan fingerprint density at radius 3 is 2.87 bits per heavy atom. The number of aromatic hydroxyl groups is 1. The predicted octanol–water partition coefficient (Wildman–Crippen LogP) is 2.58. The first-order valence-electron chi connectivity index (χ1n) is 7.12. The largest absolute Gasteiger partial charge is 0.505 e. The van der Waals surface area contributed by atoms with Crippen LogP contribution < -0.4 is 5.43 Å². The molecule has 0 radical (unpaired) electrons. The number of hydrogen-bond donors (Lipinski definition) is 3. The summed E-state index contributed by atoms with van der Waals surface area (Å²) in [5.74, 6) is 0.601. The normalized spacial score (nSPS) is 11.2. The monoisotopic (exact) mass is 308 g/mol. The number of aryl methyl sites for hydroxylation is 1. The van der Waals surface area contributed by atoms with E-state index in [2.05, 4.69) is 20.5 Å². The summed E-state index contributed by atoms with van der Waals surface area (Å²) in [7, 11) is 0. The van der Waals surface area contributed by atoms with Gasteiger partial charge in [0.2, 0.25) is 0 Å². The first-order chi connectivity index (χ1) is 11.2. The minimum Gasteiger partial charge on any atom is -0.505 e. The number of aliphatic hydroxyl groups is 1. The highest BCUT2D eigenvalue weighted by molar-refractivity contribution is 5.86. The van der Waals surface area contributed by atoms with E-state index >= 15 is 0 Å². The van der Waals surface area contributed by atoms with Gasteiger partial charge in [-0.15, -0.1) is 0 Å². The molecule has 0 aliphatic rings. The van der Waals surface area contributed by atoms with Gasteiger partial charge < -0.3 is 10.2 Å². The molecule has 3 rings (SSSR count). The molecule has 3 N–H and O–H groups in total. The molecule has 0 aliphatic carbocycles. The molecule has 0 atom stereocenters. The van der Waals surface area contributed by atoms with Gasteiger partial charge in [0, 0.05) is 22.7 Å². The lowest BCUT2D eigenvalue weighted by Gasteiger charge is -2.07. The standard InChI is InChI=1S/C17H16N4O2/c1-11-17(23)14(13(10-22)8-18-11)9-19-21-16-7-6-12-4-2-3-5-15(12)20-16/h2-9,22-23H,10H2,1H3,(H,20,21)/b19-9+. The Morgan fingerprint density at radius 2 is 2.04 bits per heavy atom. The molecule has 0 amide bonds. The van der Waals surface area contributed by atoms with Crippen molar-refractivity contribution in [3.8, 4) is 5.75 Å². The number of aliphatic hydroxyl groups excluding tert-OH is 1. The van der Waals surface area contributed by atoms with Gasteiger partial charge in [-0.05, 0) is 25.1 Å². The summed E-state index contributed by atoms with van der Waals surface area (Å²) < 4.78 is 0. The first kappa shape index (κ1) is 14.9. The lowest BCUT2D eigenvalue weighted by Crippen LogP contribution is -2.00. The molecule has 23 heavy (non-hydrogen) atoms. The number of hydrogen-bond acceptors (Lipinski definition) is 6. The number of anilines is 1. The quantitative estimate of drug-likeness (QED) is 0.509. The molecule has 6 heteroatoms. The van der Waals surface area contributed by atoms with Gasteiger partial charge in [-0.25, -0.2) is 4.98 Å². The minimum absolute atomic E-state index is 0.00794. The Balaban J connectivity index is 1.84. The van der Waals surface area contributed by atoms with Crippen molar-refractivity contribution >= 4 is 22.9 Å². The zero-order chi connectivity index (χ0) is 16.2. The molecule has 0 unspecified atom stereocenters. The fourth-order valence-corrected chi connectivity index (χ4v) is 2.21. The van der Waals surface area contributed by atoms with E-state index in [1.807, 2.05) is 36.4 Å². The van der Waals surface area contributed by atoms with Crippen LogP contribution >= 0.6 is 0 Å². The Hall–Kier alpha value is -2.99. The van der Waals surface area contributed by atoms with E-state index in [9.17, 15) is 10.2 Å². The van der Waals surface area contributed by atoms with Crippen molar-refractivity contribution in [2.24, 2.45) is 5.10 Å². The minimum atomic E-state index is -0.226. The summed E-state index contributed by atoms with van der Waals surface area (Å²) in [6.45, 7) is 1.46. The zero-order valence-electron chi connectivity index (χ0n) is 12.6. The SMILES string of the molecule is Cc1ncc(CO)c(/C=N/Nc2ccc3ccccc3n2)c1O. The summed E-state index contributed by atoms with van der Waals surface area (Å²) in [6.07, 6.45) is 2.97. The smallest absolute Gasteiger partial charge is 0.146 e. The predicted molar refractivity (Wildman–Crippen MR) is 89.5 cm³/mol. The van der Waals surface area contributed by atoms with E-state index in [0.29, 0.717) is 22.6 Å². The van der Waals surface area contributed by atoms with Crippen LogP contribution in [0, 0.1) is 6.92 Å². The van der Waals surface area contributed by atoms with Crippen molar-refractivity contribution in [1.82, 2.24) is 9.97 Å². The number of benzene rings is 1. The van der Waals surface area contributed by atoms with E-state index in [4.69, 9.17) is 0 Å². The van der Waals surface area contributed by atoms with Gasteiger partial charge in [0.1, 0.15) is 11.6 Å². The molecular formula is C17H16N4O2. The van der Waals surface area contributed by atoms with E-state index < -0.39 is 0 Å². The van der Waals surface area contributed by atoms with Gasteiger partial charge >= 0.3 is 0 Å². The third-order valence-electron chi connectivity index (χ3n) is 3.50. The van der Waals surface area contributed by atoms with Gasteiger partial charge in [0.25, 0.3) is 0 Å². The molecule has 0 saturated heterocycles. The van der Waals surface area contributed by atoms with Crippen LogP contribution in [0.25, 0.3) is 10.9 Å². The van der Waals surface area contributed by atoms with Gasteiger partial charge in [-0.2, -0.15) is 5.10 Å². The van der Waals surface area contributed by atoms with Gasteiger partial charge in [-0.3, -0.25) is 10.4 Å². The van der Waals surface area contributed by atoms with E-state index in [0.717, 1.165) is 10.9 Å². The summed E-state index contributed by atoms with van der Waals surface area (Å²) in [4.78, 5) is 8.45. The number of pyridine rings is 2. The fraction of sp³-hybridized carbons (Fsp3) is 0.118. The molecule has 116 valence electrons. The maximum atomic E-state index is 10.0. The maximum absolute atomic E-state index is 10.0. The number of aromatic nitrogens is 2. The van der Waals surface area contributed by atoms with Gasteiger partial charge in [0.05, 0.1) is 24.0 Å². The summed E-state index contributed by atoms with van der Waals surface area (Å²) in [5, 5.41) is 24.5. The van der Waals surface area contributed by atoms with Gasteiger partial charge in [0.15, 0.2) is 0 Å². The Labute approximate surface area is 133 Å². The second-order valence-electron chi connectivity index (χ2n) is 5.05. The molecule has 3 aromatic rings. The lowest BCUT2D eigenvalue weighted by molar-refractivity contribution is 0.280. The van der Waals surface area contributed by atoms with Crippen molar-refractivity contribution < 1.29 is 10.2 Å². The van der Waals surface area contributed by atoms with Crippen LogP contribution in [0.15, 0.2) is 47.7 Å². The van der Waals surface area contributed by atoms with Crippen LogP contribution in [-0.2, 0) is 6.61 Å². The summed E-state index contributed by atoms with van der Waals surface area (Å²) in [6, 6.07) is 11.6. The fourth-order valence-electron chi connectivity index (χ4n) is 2.21. The van der Waals surface area contributed by atoms with Crippen LogP contribution in [0.5, 0.6) is 5.75 Å². The molecule has 1 aromatic carbocycles. The molecule has 0 bridgehead atoms.